The number of fused-ring (bicyclic) bond motifs is 1. The second-order valence-electron chi connectivity index (χ2n) is 8.60. The van der Waals surface area contributed by atoms with E-state index in [2.05, 4.69) is 0 Å². The van der Waals surface area contributed by atoms with Gasteiger partial charge < -0.3 is 28.6 Å². The molecule has 0 aromatic heterocycles. The molecule has 0 spiro atoms. The van der Waals surface area contributed by atoms with Crippen molar-refractivity contribution >= 4 is 17.7 Å². The molecule has 1 unspecified atom stereocenters. The summed E-state index contributed by atoms with van der Waals surface area (Å²) in [5, 5.41) is 0. The van der Waals surface area contributed by atoms with Crippen LogP contribution in [-0.2, 0) is 28.5 Å². The smallest absolute Gasteiger partial charge is 0.262 e. The lowest BCUT2D eigenvalue weighted by molar-refractivity contribution is -0.138. The third-order valence-electron chi connectivity index (χ3n) is 5.80. The maximum Gasteiger partial charge on any atom is 0.262 e. The fourth-order valence-corrected chi connectivity index (χ4v) is 4.00. The quantitative estimate of drug-likeness (QED) is 0.581. The summed E-state index contributed by atoms with van der Waals surface area (Å²) in [6, 6.07) is 5.73. The first-order valence-corrected chi connectivity index (χ1v) is 12.2. The van der Waals surface area contributed by atoms with Crippen molar-refractivity contribution in [3.63, 3.8) is 0 Å². The van der Waals surface area contributed by atoms with Crippen LogP contribution < -0.4 is 0 Å². The Kier molecular flexibility index (Phi) is 11.1. The molecule has 0 saturated carbocycles. The molecule has 1 aromatic rings. The van der Waals surface area contributed by atoms with Gasteiger partial charge in [-0.3, -0.25) is 19.3 Å². The van der Waals surface area contributed by atoms with Gasteiger partial charge in [0.15, 0.2) is 0 Å². The third kappa shape index (κ3) is 7.55. The van der Waals surface area contributed by atoms with Crippen LogP contribution in [0.2, 0.25) is 0 Å². The maximum absolute atomic E-state index is 13.7. The lowest BCUT2D eigenvalue weighted by atomic mass is 10.0. The summed E-state index contributed by atoms with van der Waals surface area (Å²) >= 11 is 0. The highest BCUT2D eigenvalue weighted by atomic mass is 16.6. The number of benzene rings is 1. The average Bonchev–Trinajstić information content (AvgIpc) is 3.09. The number of rotatable bonds is 3. The first-order chi connectivity index (χ1) is 17.0. The van der Waals surface area contributed by atoms with Gasteiger partial charge in [0.2, 0.25) is 5.91 Å². The van der Waals surface area contributed by atoms with Gasteiger partial charge in [0.25, 0.3) is 11.8 Å². The van der Waals surface area contributed by atoms with Crippen LogP contribution in [0, 0.1) is 5.92 Å². The van der Waals surface area contributed by atoms with E-state index in [1.807, 2.05) is 13.8 Å². The molecule has 0 N–H and O–H groups in total. The van der Waals surface area contributed by atoms with Crippen LogP contribution in [-0.4, -0.2) is 113 Å². The van der Waals surface area contributed by atoms with Gasteiger partial charge in [0, 0.05) is 13.1 Å². The summed E-state index contributed by atoms with van der Waals surface area (Å²) in [7, 11) is 0. The summed E-state index contributed by atoms with van der Waals surface area (Å²) in [5.74, 6) is -1.46. The van der Waals surface area contributed by atoms with Crippen molar-refractivity contribution in [1.29, 1.82) is 0 Å². The summed E-state index contributed by atoms with van der Waals surface area (Å²) in [4.78, 5) is 42.6. The first kappa shape index (κ1) is 27.2. The predicted octanol–water partition coefficient (Wildman–Crippen LogP) is 1.23. The van der Waals surface area contributed by atoms with Crippen molar-refractivity contribution in [2.45, 2.75) is 19.9 Å². The molecule has 10 nitrogen and oxygen atoms in total. The highest BCUT2D eigenvalue weighted by Crippen LogP contribution is 2.28. The molecule has 194 valence electrons. The third-order valence-corrected chi connectivity index (χ3v) is 5.80. The second-order valence-corrected chi connectivity index (χ2v) is 8.60. The van der Waals surface area contributed by atoms with Crippen LogP contribution >= 0.6 is 0 Å². The number of carbonyl (C=O) groups excluding carboxylic acids is 3. The minimum atomic E-state index is -0.924. The van der Waals surface area contributed by atoms with Crippen molar-refractivity contribution in [1.82, 2.24) is 9.80 Å². The minimum absolute atomic E-state index is 0.274. The largest absolute Gasteiger partial charge is 0.377 e. The Balaban J connectivity index is 1.68. The van der Waals surface area contributed by atoms with Crippen molar-refractivity contribution < 1.29 is 38.1 Å². The van der Waals surface area contributed by atoms with Gasteiger partial charge in [-0.2, -0.15) is 0 Å². The summed E-state index contributed by atoms with van der Waals surface area (Å²) in [6.07, 6.45) is 0. The van der Waals surface area contributed by atoms with E-state index in [4.69, 9.17) is 23.7 Å². The van der Waals surface area contributed by atoms with E-state index in [-0.39, 0.29) is 11.8 Å². The monoisotopic (exact) mass is 492 g/mol. The van der Waals surface area contributed by atoms with Crippen molar-refractivity contribution in [3.8, 4) is 0 Å². The van der Waals surface area contributed by atoms with Gasteiger partial charge in [-0.1, -0.05) is 26.0 Å². The van der Waals surface area contributed by atoms with E-state index < -0.39 is 17.9 Å². The Morgan fingerprint density at radius 3 is 1.43 bits per heavy atom. The molecular weight excluding hydrogens is 456 g/mol. The molecule has 35 heavy (non-hydrogen) atoms. The number of imide groups is 1. The highest BCUT2D eigenvalue weighted by Gasteiger charge is 2.45. The van der Waals surface area contributed by atoms with Crippen LogP contribution in [0.3, 0.4) is 0 Å². The van der Waals surface area contributed by atoms with Crippen LogP contribution in [0.15, 0.2) is 24.3 Å². The molecule has 2 aliphatic rings. The topological polar surface area (TPSA) is 104 Å². The Bertz CT molecular complexity index is 794. The molecule has 1 aromatic carbocycles. The Labute approximate surface area is 206 Å². The van der Waals surface area contributed by atoms with Gasteiger partial charge >= 0.3 is 0 Å². The van der Waals surface area contributed by atoms with Crippen molar-refractivity contribution in [2.75, 3.05) is 79.2 Å². The van der Waals surface area contributed by atoms with E-state index in [1.54, 1.807) is 29.2 Å². The average molecular weight is 493 g/mol. The molecule has 0 aliphatic carbocycles. The Morgan fingerprint density at radius 1 is 0.686 bits per heavy atom. The molecule has 2 aliphatic heterocycles. The predicted molar refractivity (Wildman–Crippen MR) is 126 cm³/mol. The number of amides is 3. The zero-order valence-electron chi connectivity index (χ0n) is 20.6. The summed E-state index contributed by atoms with van der Waals surface area (Å²) in [6.45, 7) is 8.35. The van der Waals surface area contributed by atoms with Gasteiger partial charge in [0.05, 0.1) is 77.2 Å². The fraction of sp³-hybridized carbons (Fsp3) is 0.640. The van der Waals surface area contributed by atoms with E-state index in [0.717, 1.165) is 4.90 Å². The number of ether oxygens (including phenoxy) is 5. The molecule has 10 heteroatoms. The van der Waals surface area contributed by atoms with Gasteiger partial charge in [-0.05, 0) is 18.1 Å². The van der Waals surface area contributed by atoms with Gasteiger partial charge in [-0.25, -0.2) is 0 Å². The van der Waals surface area contributed by atoms with E-state index in [1.165, 1.54) is 0 Å². The number of hydrogen-bond donors (Lipinski definition) is 0. The fourth-order valence-electron chi connectivity index (χ4n) is 4.00. The summed E-state index contributed by atoms with van der Waals surface area (Å²) in [5.41, 5.74) is 0.653. The van der Waals surface area contributed by atoms with E-state index in [9.17, 15) is 14.4 Å². The molecule has 1 fully saturated rings. The SMILES string of the molecule is CC(C)C(C(=O)N1CCOCCOCCOCCOCCOCC1)N1C(=O)c2ccccc2C1=O. The first-order valence-electron chi connectivity index (χ1n) is 12.2. The number of carbonyl (C=O) groups is 3. The zero-order valence-corrected chi connectivity index (χ0v) is 20.6. The van der Waals surface area contributed by atoms with E-state index in [0.29, 0.717) is 90.3 Å². The number of nitrogens with zero attached hydrogens (tertiary/aromatic N) is 2. The van der Waals surface area contributed by atoms with Crippen LogP contribution in [0.4, 0.5) is 0 Å². The molecule has 1 atom stereocenters. The minimum Gasteiger partial charge on any atom is -0.377 e. The molecule has 0 bridgehead atoms. The molecule has 0 radical (unpaired) electrons. The Morgan fingerprint density at radius 2 is 1.06 bits per heavy atom. The van der Waals surface area contributed by atoms with Gasteiger partial charge in [0.1, 0.15) is 6.04 Å². The highest BCUT2D eigenvalue weighted by molar-refractivity contribution is 6.22. The van der Waals surface area contributed by atoms with Gasteiger partial charge in [-0.15, -0.1) is 0 Å². The van der Waals surface area contributed by atoms with Crippen molar-refractivity contribution in [3.05, 3.63) is 35.4 Å². The van der Waals surface area contributed by atoms with Crippen LogP contribution in [0.5, 0.6) is 0 Å². The lowest BCUT2D eigenvalue weighted by Crippen LogP contribution is -2.54. The zero-order chi connectivity index (χ0) is 25.0. The normalized spacial score (nSPS) is 20.9. The second kappa shape index (κ2) is 14.3. The summed E-state index contributed by atoms with van der Waals surface area (Å²) < 4.78 is 27.7. The van der Waals surface area contributed by atoms with Crippen LogP contribution in [0.25, 0.3) is 0 Å². The molecule has 1 saturated heterocycles. The van der Waals surface area contributed by atoms with E-state index >= 15 is 0 Å². The molecule has 2 heterocycles. The molecular formula is C25H36N2O8. The van der Waals surface area contributed by atoms with Crippen LogP contribution in [0.1, 0.15) is 34.6 Å². The molecule has 3 amide bonds. The standard InChI is InChI=1S/C25H36N2O8/c1-19(2)22(27-23(28)20-5-3-4-6-21(20)24(27)29)25(30)26-7-9-31-11-13-33-15-17-35-18-16-34-14-12-32-10-8-26/h3-6,19,22H,7-18H2,1-2H3. The Hall–Kier alpha value is -2.37. The maximum atomic E-state index is 13.7. The lowest BCUT2D eigenvalue weighted by Gasteiger charge is -2.33. The number of hydrogen-bond acceptors (Lipinski definition) is 8. The molecule has 3 rings (SSSR count). The van der Waals surface area contributed by atoms with Crippen molar-refractivity contribution in [2.24, 2.45) is 5.92 Å².